The third-order valence-electron chi connectivity index (χ3n) is 3.33. The van der Waals surface area contributed by atoms with Gasteiger partial charge in [-0.15, -0.1) is 0 Å². The van der Waals surface area contributed by atoms with E-state index in [-0.39, 0.29) is 12.5 Å². The van der Waals surface area contributed by atoms with Crippen LogP contribution < -0.4 is 11.1 Å². The fourth-order valence-corrected chi connectivity index (χ4v) is 1.63. The number of amides is 1. The Kier molecular flexibility index (Phi) is 5.99. The van der Waals surface area contributed by atoms with Gasteiger partial charge < -0.3 is 16.2 Å². The third-order valence-corrected chi connectivity index (χ3v) is 3.33. The van der Waals surface area contributed by atoms with Crippen molar-refractivity contribution in [2.24, 2.45) is 5.73 Å². The van der Waals surface area contributed by atoms with Crippen LogP contribution >= 0.6 is 0 Å². The summed E-state index contributed by atoms with van der Waals surface area (Å²) >= 11 is 0. The van der Waals surface area contributed by atoms with Crippen molar-refractivity contribution in [3.05, 3.63) is 35.9 Å². The molecule has 0 saturated carbocycles. The molecule has 0 aliphatic carbocycles. The minimum Gasteiger partial charge on any atom is -0.388 e. The van der Waals surface area contributed by atoms with Gasteiger partial charge >= 0.3 is 0 Å². The number of rotatable bonds is 7. The summed E-state index contributed by atoms with van der Waals surface area (Å²) in [6, 6.07) is 9.41. The molecule has 0 spiro atoms. The lowest BCUT2D eigenvalue weighted by atomic mass is 10.0. The Morgan fingerprint density at radius 2 is 2.05 bits per heavy atom. The van der Waals surface area contributed by atoms with Crippen molar-refractivity contribution in [3.63, 3.8) is 0 Å². The standard InChI is InChI=1S/C15H24N2O2/c1-3-15(2,19)11-17-14(18)13(16)10-9-12-7-5-4-6-8-12/h4-8,13,19H,3,9-11,16H2,1-2H3,(H,17,18). The van der Waals surface area contributed by atoms with E-state index in [1.165, 1.54) is 5.56 Å². The van der Waals surface area contributed by atoms with E-state index in [1.807, 2.05) is 37.3 Å². The normalized spacial score (nSPS) is 15.6. The zero-order valence-electron chi connectivity index (χ0n) is 11.7. The monoisotopic (exact) mass is 264 g/mol. The van der Waals surface area contributed by atoms with E-state index in [1.54, 1.807) is 6.92 Å². The average Bonchev–Trinajstić information content (AvgIpc) is 2.43. The highest BCUT2D eigenvalue weighted by atomic mass is 16.3. The number of carbonyl (C=O) groups excluding carboxylic acids is 1. The first-order chi connectivity index (χ1) is 8.94. The van der Waals surface area contributed by atoms with Crippen LogP contribution in [0.2, 0.25) is 0 Å². The number of nitrogens with one attached hydrogen (secondary N) is 1. The first-order valence-electron chi connectivity index (χ1n) is 6.74. The molecule has 0 radical (unpaired) electrons. The number of nitrogens with two attached hydrogens (primary N) is 1. The smallest absolute Gasteiger partial charge is 0.237 e. The molecule has 0 fully saturated rings. The second-order valence-corrected chi connectivity index (χ2v) is 5.20. The van der Waals surface area contributed by atoms with E-state index in [4.69, 9.17) is 5.73 Å². The van der Waals surface area contributed by atoms with Crippen LogP contribution in [0.1, 0.15) is 32.3 Å². The van der Waals surface area contributed by atoms with Crippen LogP contribution in [0.15, 0.2) is 30.3 Å². The maximum atomic E-state index is 11.8. The second kappa shape index (κ2) is 7.26. The van der Waals surface area contributed by atoms with Crippen molar-refractivity contribution in [3.8, 4) is 0 Å². The van der Waals surface area contributed by atoms with E-state index in [2.05, 4.69) is 5.32 Å². The summed E-state index contributed by atoms with van der Waals surface area (Å²) in [5.74, 6) is -0.204. The maximum absolute atomic E-state index is 11.8. The third kappa shape index (κ3) is 5.85. The summed E-state index contributed by atoms with van der Waals surface area (Å²) in [5, 5.41) is 12.5. The fraction of sp³-hybridized carbons (Fsp3) is 0.533. The van der Waals surface area contributed by atoms with Gasteiger partial charge in [-0.05, 0) is 31.7 Å². The number of benzene rings is 1. The van der Waals surface area contributed by atoms with Crippen molar-refractivity contribution in [2.45, 2.75) is 44.8 Å². The lowest BCUT2D eigenvalue weighted by Gasteiger charge is -2.22. The zero-order chi connectivity index (χ0) is 14.3. The predicted molar refractivity (Wildman–Crippen MR) is 76.7 cm³/mol. The molecule has 0 bridgehead atoms. The highest BCUT2D eigenvalue weighted by molar-refractivity contribution is 5.81. The first kappa shape index (κ1) is 15.7. The van der Waals surface area contributed by atoms with Crippen LogP contribution in [0.3, 0.4) is 0 Å². The minimum atomic E-state index is -0.866. The lowest BCUT2D eigenvalue weighted by Crippen LogP contribution is -2.47. The maximum Gasteiger partial charge on any atom is 0.237 e. The van der Waals surface area contributed by atoms with Gasteiger partial charge in [0.05, 0.1) is 11.6 Å². The van der Waals surface area contributed by atoms with E-state index in [0.29, 0.717) is 12.8 Å². The fourth-order valence-electron chi connectivity index (χ4n) is 1.63. The highest BCUT2D eigenvalue weighted by Crippen LogP contribution is 2.07. The zero-order valence-corrected chi connectivity index (χ0v) is 11.7. The van der Waals surface area contributed by atoms with Crippen LogP contribution in [-0.4, -0.2) is 29.2 Å². The largest absolute Gasteiger partial charge is 0.388 e. The van der Waals surface area contributed by atoms with Gasteiger partial charge in [0.25, 0.3) is 0 Å². The molecule has 1 rings (SSSR count). The Hall–Kier alpha value is -1.39. The Labute approximate surface area is 115 Å². The Bertz CT molecular complexity index is 390. The van der Waals surface area contributed by atoms with Gasteiger partial charge in [0, 0.05) is 6.54 Å². The van der Waals surface area contributed by atoms with Gasteiger partial charge in [0.15, 0.2) is 0 Å². The summed E-state index contributed by atoms with van der Waals surface area (Å²) < 4.78 is 0. The minimum absolute atomic E-state index is 0.204. The molecule has 4 heteroatoms. The number of hydrogen-bond acceptors (Lipinski definition) is 3. The van der Waals surface area contributed by atoms with Gasteiger partial charge in [-0.1, -0.05) is 37.3 Å². The van der Waals surface area contributed by atoms with Crippen molar-refractivity contribution >= 4 is 5.91 Å². The molecule has 4 N–H and O–H groups in total. The number of aliphatic hydroxyl groups is 1. The van der Waals surface area contributed by atoms with Crippen molar-refractivity contribution < 1.29 is 9.90 Å². The van der Waals surface area contributed by atoms with Crippen LogP contribution in [0.4, 0.5) is 0 Å². The van der Waals surface area contributed by atoms with Gasteiger partial charge in [0.2, 0.25) is 5.91 Å². The van der Waals surface area contributed by atoms with E-state index in [9.17, 15) is 9.90 Å². The molecule has 0 saturated heterocycles. The molecule has 0 aromatic heterocycles. The Morgan fingerprint density at radius 1 is 1.42 bits per heavy atom. The van der Waals surface area contributed by atoms with Crippen LogP contribution in [0.5, 0.6) is 0 Å². The molecule has 1 aromatic rings. The van der Waals surface area contributed by atoms with Crippen molar-refractivity contribution in [1.29, 1.82) is 0 Å². The molecular weight excluding hydrogens is 240 g/mol. The molecule has 1 amide bonds. The summed E-state index contributed by atoms with van der Waals surface area (Å²) in [7, 11) is 0. The number of aryl methyl sites for hydroxylation is 1. The molecule has 0 aliphatic rings. The van der Waals surface area contributed by atoms with Gasteiger partial charge in [-0.2, -0.15) is 0 Å². The highest BCUT2D eigenvalue weighted by Gasteiger charge is 2.20. The quantitative estimate of drug-likeness (QED) is 0.693. The molecule has 2 atom stereocenters. The van der Waals surface area contributed by atoms with Crippen molar-refractivity contribution in [1.82, 2.24) is 5.32 Å². The second-order valence-electron chi connectivity index (χ2n) is 5.20. The Balaban J connectivity index is 2.33. The summed E-state index contributed by atoms with van der Waals surface area (Å²) in [6.07, 6.45) is 1.97. The molecule has 1 aromatic carbocycles. The molecule has 106 valence electrons. The number of hydrogen-bond donors (Lipinski definition) is 3. The van der Waals surface area contributed by atoms with Crippen LogP contribution in [-0.2, 0) is 11.2 Å². The van der Waals surface area contributed by atoms with Gasteiger partial charge in [0.1, 0.15) is 0 Å². The molecule has 19 heavy (non-hydrogen) atoms. The SMILES string of the molecule is CCC(C)(O)CNC(=O)C(N)CCc1ccccc1. The molecular formula is C15H24N2O2. The van der Waals surface area contributed by atoms with Crippen LogP contribution in [0.25, 0.3) is 0 Å². The Morgan fingerprint density at radius 3 is 2.63 bits per heavy atom. The van der Waals surface area contributed by atoms with E-state index in [0.717, 1.165) is 6.42 Å². The molecule has 0 heterocycles. The van der Waals surface area contributed by atoms with E-state index < -0.39 is 11.6 Å². The summed E-state index contributed by atoms with van der Waals surface area (Å²) in [6.45, 7) is 3.81. The topological polar surface area (TPSA) is 75.3 Å². The van der Waals surface area contributed by atoms with Crippen molar-refractivity contribution in [2.75, 3.05) is 6.54 Å². The summed E-state index contributed by atoms with van der Waals surface area (Å²) in [5.41, 5.74) is 6.15. The first-order valence-corrected chi connectivity index (χ1v) is 6.74. The summed E-state index contributed by atoms with van der Waals surface area (Å²) in [4.78, 5) is 11.8. The molecule has 0 aliphatic heterocycles. The lowest BCUT2D eigenvalue weighted by molar-refractivity contribution is -0.123. The van der Waals surface area contributed by atoms with E-state index >= 15 is 0 Å². The van der Waals surface area contributed by atoms with Crippen LogP contribution in [0, 0.1) is 0 Å². The number of carbonyl (C=O) groups is 1. The van der Waals surface area contributed by atoms with Gasteiger partial charge in [-0.25, -0.2) is 0 Å². The molecule has 2 unspecified atom stereocenters. The van der Waals surface area contributed by atoms with Gasteiger partial charge in [-0.3, -0.25) is 4.79 Å². The average molecular weight is 264 g/mol. The molecule has 4 nitrogen and oxygen atoms in total. The predicted octanol–water partition coefficient (Wildman–Crippen LogP) is 1.22.